The maximum Gasteiger partial charge on any atom is 0.309 e. The van der Waals surface area contributed by atoms with Crippen LogP contribution in [0.15, 0.2) is 24.3 Å². The fourth-order valence-electron chi connectivity index (χ4n) is 1.06. The molecule has 0 aromatic heterocycles. The molecule has 0 atom stereocenters. The zero-order valence-electron chi connectivity index (χ0n) is 9.37. The lowest BCUT2D eigenvalue weighted by atomic mass is 9.90. The molecular weight excluding hydrogens is 211 g/mol. The summed E-state index contributed by atoms with van der Waals surface area (Å²) < 4.78 is 17.9. The van der Waals surface area contributed by atoms with Crippen LogP contribution >= 0.6 is 0 Å². The van der Waals surface area contributed by atoms with Gasteiger partial charge in [0.25, 0.3) is 0 Å². The molecule has 0 fully saturated rings. The van der Waals surface area contributed by atoms with E-state index in [1.807, 2.05) is 0 Å². The molecule has 4 heteroatoms. The number of rotatable bonds is 5. The molecule has 0 aliphatic rings. The number of carboxylic acids is 1. The molecule has 0 bridgehead atoms. The van der Waals surface area contributed by atoms with E-state index < -0.39 is 11.4 Å². The maximum atomic E-state index is 12.6. The Hall–Kier alpha value is -1.58. The molecule has 0 aliphatic carbocycles. The van der Waals surface area contributed by atoms with Crippen molar-refractivity contribution in [3.05, 3.63) is 30.1 Å². The van der Waals surface area contributed by atoms with Crippen molar-refractivity contribution in [2.45, 2.75) is 20.3 Å². The number of carboxylic acid groups (broad SMARTS) is 1. The van der Waals surface area contributed by atoms with Crippen molar-refractivity contribution in [3.8, 4) is 5.75 Å². The number of aliphatic carboxylic acids is 1. The van der Waals surface area contributed by atoms with Crippen LogP contribution in [-0.2, 0) is 4.79 Å². The van der Waals surface area contributed by atoms with Crippen LogP contribution in [0.4, 0.5) is 4.39 Å². The van der Waals surface area contributed by atoms with Gasteiger partial charge in [-0.15, -0.1) is 0 Å². The third-order valence-corrected chi connectivity index (χ3v) is 2.39. The van der Waals surface area contributed by atoms with E-state index in [1.165, 1.54) is 24.3 Å². The first-order valence-electron chi connectivity index (χ1n) is 5.03. The molecule has 1 aromatic carbocycles. The van der Waals surface area contributed by atoms with Gasteiger partial charge < -0.3 is 9.84 Å². The molecule has 1 aromatic rings. The first-order valence-corrected chi connectivity index (χ1v) is 5.03. The minimum Gasteiger partial charge on any atom is -0.494 e. The number of hydrogen-bond donors (Lipinski definition) is 1. The summed E-state index contributed by atoms with van der Waals surface area (Å²) in [5.74, 6) is -0.629. The van der Waals surface area contributed by atoms with Gasteiger partial charge in [0, 0.05) is 0 Å². The van der Waals surface area contributed by atoms with E-state index in [9.17, 15) is 9.18 Å². The normalized spacial score (nSPS) is 11.2. The van der Waals surface area contributed by atoms with Gasteiger partial charge in [-0.2, -0.15) is 0 Å². The van der Waals surface area contributed by atoms with Crippen molar-refractivity contribution in [3.63, 3.8) is 0 Å². The largest absolute Gasteiger partial charge is 0.494 e. The summed E-state index contributed by atoms with van der Waals surface area (Å²) in [7, 11) is 0. The molecule has 0 spiro atoms. The first-order chi connectivity index (χ1) is 7.42. The fraction of sp³-hybridized carbons (Fsp3) is 0.417. The molecule has 1 rings (SSSR count). The Bertz CT molecular complexity index is 357. The highest BCUT2D eigenvalue weighted by Crippen LogP contribution is 2.21. The van der Waals surface area contributed by atoms with Crippen molar-refractivity contribution in [2.75, 3.05) is 6.61 Å². The number of carbonyl (C=O) groups is 1. The zero-order valence-corrected chi connectivity index (χ0v) is 9.37. The monoisotopic (exact) mass is 226 g/mol. The topological polar surface area (TPSA) is 46.5 Å². The number of ether oxygens (including phenoxy) is 1. The quantitative estimate of drug-likeness (QED) is 0.839. The van der Waals surface area contributed by atoms with Crippen molar-refractivity contribution in [1.82, 2.24) is 0 Å². The highest BCUT2D eigenvalue weighted by molar-refractivity contribution is 5.73. The average Bonchev–Trinajstić information content (AvgIpc) is 2.20. The van der Waals surface area contributed by atoms with E-state index in [2.05, 4.69) is 0 Å². The van der Waals surface area contributed by atoms with Crippen LogP contribution in [0, 0.1) is 11.2 Å². The molecule has 0 unspecified atom stereocenters. The molecule has 0 amide bonds. The van der Waals surface area contributed by atoms with Crippen molar-refractivity contribution < 1.29 is 19.0 Å². The molecule has 16 heavy (non-hydrogen) atoms. The van der Waals surface area contributed by atoms with Gasteiger partial charge in [-0.1, -0.05) is 0 Å². The van der Waals surface area contributed by atoms with E-state index in [-0.39, 0.29) is 5.82 Å². The van der Waals surface area contributed by atoms with Gasteiger partial charge in [0.05, 0.1) is 12.0 Å². The third-order valence-electron chi connectivity index (χ3n) is 2.39. The minimum atomic E-state index is -0.852. The van der Waals surface area contributed by atoms with Gasteiger partial charge >= 0.3 is 5.97 Å². The first kappa shape index (κ1) is 12.5. The van der Waals surface area contributed by atoms with Crippen LogP contribution in [0.3, 0.4) is 0 Å². The molecule has 0 radical (unpaired) electrons. The fourth-order valence-corrected chi connectivity index (χ4v) is 1.06. The molecule has 3 nitrogen and oxygen atoms in total. The lowest BCUT2D eigenvalue weighted by Gasteiger charge is -2.18. The third kappa shape index (κ3) is 3.53. The standard InChI is InChI=1S/C12H15FO3/c1-12(2,11(14)15)7-8-16-10-5-3-9(13)4-6-10/h3-6H,7-8H2,1-2H3,(H,14,15). The summed E-state index contributed by atoms with van der Waals surface area (Å²) in [4.78, 5) is 10.8. The van der Waals surface area contributed by atoms with Crippen molar-refractivity contribution in [2.24, 2.45) is 5.41 Å². The molecule has 0 heterocycles. The molecule has 1 N–H and O–H groups in total. The molecule has 0 aliphatic heterocycles. The highest BCUT2D eigenvalue weighted by Gasteiger charge is 2.26. The lowest BCUT2D eigenvalue weighted by molar-refractivity contribution is -0.147. The van der Waals surface area contributed by atoms with Crippen LogP contribution in [0.25, 0.3) is 0 Å². The van der Waals surface area contributed by atoms with Crippen molar-refractivity contribution in [1.29, 1.82) is 0 Å². The van der Waals surface area contributed by atoms with Crippen LogP contribution in [0.5, 0.6) is 5.75 Å². The van der Waals surface area contributed by atoms with E-state index in [0.29, 0.717) is 18.8 Å². The predicted molar refractivity (Wildman–Crippen MR) is 57.9 cm³/mol. The molecular formula is C12H15FO3. The molecule has 0 saturated heterocycles. The number of halogens is 1. The summed E-state index contributed by atoms with van der Waals surface area (Å²) in [6.07, 6.45) is 0.402. The summed E-state index contributed by atoms with van der Waals surface area (Å²) in [5.41, 5.74) is -0.806. The van der Waals surface area contributed by atoms with Gasteiger partial charge in [-0.05, 0) is 44.5 Å². The molecule has 88 valence electrons. The van der Waals surface area contributed by atoms with Gasteiger partial charge in [0.1, 0.15) is 11.6 Å². The summed E-state index contributed by atoms with van der Waals surface area (Å²) >= 11 is 0. The van der Waals surface area contributed by atoms with Gasteiger partial charge in [0.2, 0.25) is 0 Å². The van der Waals surface area contributed by atoms with Crippen molar-refractivity contribution >= 4 is 5.97 Å². The Labute approximate surface area is 93.9 Å². The van der Waals surface area contributed by atoms with Crippen LogP contribution in [-0.4, -0.2) is 17.7 Å². The lowest BCUT2D eigenvalue weighted by Crippen LogP contribution is -2.25. The second-order valence-electron chi connectivity index (χ2n) is 4.24. The van der Waals surface area contributed by atoms with Crippen LogP contribution in [0.2, 0.25) is 0 Å². The van der Waals surface area contributed by atoms with E-state index >= 15 is 0 Å². The van der Waals surface area contributed by atoms with Gasteiger partial charge in [0.15, 0.2) is 0 Å². The van der Waals surface area contributed by atoms with E-state index in [1.54, 1.807) is 13.8 Å². The Morgan fingerprint density at radius 1 is 1.38 bits per heavy atom. The SMILES string of the molecule is CC(C)(CCOc1ccc(F)cc1)C(=O)O. The summed E-state index contributed by atoms with van der Waals surface area (Å²) in [6, 6.07) is 5.64. The maximum absolute atomic E-state index is 12.6. The van der Waals surface area contributed by atoms with Gasteiger partial charge in [-0.25, -0.2) is 4.39 Å². The second-order valence-corrected chi connectivity index (χ2v) is 4.24. The van der Waals surface area contributed by atoms with E-state index in [0.717, 1.165) is 0 Å². The number of benzene rings is 1. The Kier molecular flexibility index (Phi) is 3.88. The van der Waals surface area contributed by atoms with Crippen LogP contribution in [0.1, 0.15) is 20.3 Å². The smallest absolute Gasteiger partial charge is 0.309 e. The Balaban J connectivity index is 2.41. The van der Waals surface area contributed by atoms with Gasteiger partial charge in [-0.3, -0.25) is 4.79 Å². The zero-order chi connectivity index (χ0) is 12.2. The van der Waals surface area contributed by atoms with E-state index in [4.69, 9.17) is 9.84 Å². The average molecular weight is 226 g/mol. The highest BCUT2D eigenvalue weighted by atomic mass is 19.1. The Morgan fingerprint density at radius 2 is 1.94 bits per heavy atom. The number of hydrogen-bond acceptors (Lipinski definition) is 2. The second kappa shape index (κ2) is 4.96. The van der Waals surface area contributed by atoms with Crippen LogP contribution < -0.4 is 4.74 Å². The Morgan fingerprint density at radius 3 is 2.44 bits per heavy atom. The molecule has 0 saturated carbocycles. The summed E-state index contributed by atoms with van der Waals surface area (Å²) in [5, 5.41) is 8.87. The summed E-state index contributed by atoms with van der Waals surface area (Å²) in [6.45, 7) is 3.58. The minimum absolute atomic E-state index is 0.297. The predicted octanol–water partition coefficient (Wildman–Crippen LogP) is 2.71.